The molecule has 37 heavy (non-hydrogen) atoms. The van der Waals surface area contributed by atoms with E-state index in [-0.39, 0.29) is 34.0 Å². The molecule has 1 heterocycles. The Hall–Kier alpha value is -3.34. The van der Waals surface area contributed by atoms with Crippen LogP contribution in [-0.4, -0.2) is 31.9 Å². The molecule has 4 rings (SSSR count). The fourth-order valence-corrected chi connectivity index (χ4v) is 5.56. The largest absolute Gasteiger partial charge is 0.495 e. The molecule has 0 amide bonds. The third-order valence-corrected chi connectivity index (χ3v) is 7.89. The van der Waals surface area contributed by atoms with Crippen molar-refractivity contribution < 1.29 is 23.8 Å². The molecule has 1 aliphatic carbocycles. The lowest BCUT2D eigenvalue weighted by molar-refractivity contribution is 0.00658. The van der Waals surface area contributed by atoms with Gasteiger partial charge >= 0.3 is 0 Å². The van der Waals surface area contributed by atoms with Crippen LogP contribution in [0.4, 0.5) is 0 Å². The first kappa shape index (κ1) is 26.7. The van der Waals surface area contributed by atoms with E-state index in [0.717, 1.165) is 31.1 Å². The molecule has 0 saturated heterocycles. The SMILES string of the molecule is COc1c(C=O)c2c(c(OC)c1C(=O)c1ccccc1)CC1CC/C(C)=C/CC(C)(C)/C=C/CC1(C)O2. The summed E-state index contributed by atoms with van der Waals surface area (Å²) in [7, 11) is 3.02. The van der Waals surface area contributed by atoms with Crippen LogP contribution >= 0.6 is 0 Å². The Labute approximate surface area is 220 Å². The molecule has 0 fully saturated rings. The van der Waals surface area contributed by atoms with E-state index < -0.39 is 5.60 Å². The number of ether oxygens (including phenoxy) is 3. The Balaban J connectivity index is 1.89. The number of aldehydes is 1. The molecule has 2 aromatic carbocycles. The Morgan fingerprint density at radius 1 is 1.05 bits per heavy atom. The lowest BCUT2D eigenvalue weighted by Crippen LogP contribution is -2.45. The number of fused-ring (bicyclic) bond motifs is 2. The van der Waals surface area contributed by atoms with Gasteiger partial charge in [-0.25, -0.2) is 0 Å². The van der Waals surface area contributed by atoms with Crippen LogP contribution in [0, 0.1) is 11.3 Å². The van der Waals surface area contributed by atoms with Crippen molar-refractivity contribution in [3.05, 3.63) is 76.4 Å². The summed E-state index contributed by atoms with van der Waals surface area (Å²) in [6, 6.07) is 8.99. The highest BCUT2D eigenvalue weighted by Gasteiger charge is 2.44. The second kappa shape index (κ2) is 10.6. The van der Waals surface area contributed by atoms with Crippen molar-refractivity contribution in [2.45, 2.75) is 65.4 Å². The van der Waals surface area contributed by atoms with E-state index in [1.54, 1.807) is 19.2 Å². The van der Waals surface area contributed by atoms with Crippen LogP contribution in [0.3, 0.4) is 0 Å². The van der Waals surface area contributed by atoms with Gasteiger partial charge in [0.15, 0.2) is 6.29 Å². The van der Waals surface area contributed by atoms with Crippen LogP contribution in [0.1, 0.15) is 85.2 Å². The van der Waals surface area contributed by atoms with Gasteiger partial charge in [-0.15, -0.1) is 0 Å². The standard InChI is InChI=1S/C32H38O5/c1-21-13-14-23-19-24-28(37-32(23,4)17-10-16-31(2,3)18-15-21)25(20-33)30(36-6)26(29(24)35-5)27(34)22-11-8-7-9-12-22/h7-12,15-16,20,23H,13-14,17-19H2,1-6H3/b16-10+,21-15+. The van der Waals surface area contributed by atoms with Crippen LogP contribution in [0.5, 0.6) is 17.2 Å². The van der Waals surface area contributed by atoms with E-state index in [2.05, 4.69) is 45.9 Å². The Morgan fingerprint density at radius 3 is 2.41 bits per heavy atom. The third kappa shape index (κ3) is 5.22. The topological polar surface area (TPSA) is 61.8 Å². The van der Waals surface area contributed by atoms with Crippen LogP contribution in [-0.2, 0) is 6.42 Å². The molecule has 0 aromatic heterocycles. The first-order valence-electron chi connectivity index (χ1n) is 13.0. The maximum absolute atomic E-state index is 13.7. The summed E-state index contributed by atoms with van der Waals surface area (Å²) in [6.07, 6.45) is 11.8. The number of ketones is 1. The fraction of sp³-hybridized carbons (Fsp3) is 0.438. The van der Waals surface area contributed by atoms with Crippen molar-refractivity contribution in [2.24, 2.45) is 11.3 Å². The number of hydrogen-bond donors (Lipinski definition) is 0. The van der Waals surface area contributed by atoms with Crippen LogP contribution in [0.25, 0.3) is 0 Å². The molecule has 0 saturated carbocycles. The van der Waals surface area contributed by atoms with Gasteiger partial charge in [-0.05, 0) is 44.9 Å². The van der Waals surface area contributed by atoms with Gasteiger partial charge in [-0.1, -0.05) is 68.0 Å². The molecule has 0 bridgehead atoms. The predicted molar refractivity (Wildman–Crippen MR) is 146 cm³/mol. The van der Waals surface area contributed by atoms with Gasteiger partial charge in [0.25, 0.3) is 0 Å². The zero-order valence-corrected chi connectivity index (χ0v) is 22.9. The highest BCUT2D eigenvalue weighted by Crippen LogP contribution is 2.51. The van der Waals surface area contributed by atoms with Crippen molar-refractivity contribution in [3.63, 3.8) is 0 Å². The predicted octanol–water partition coefficient (Wildman–Crippen LogP) is 7.16. The Morgan fingerprint density at radius 2 is 1.76 bits per heavy atom. The van der Waals surface area contributed by atoms with Gasteiger partial charge in [0.1, 0.15) is 28.4 Å². The normalized spacial score (nSPS) is 25.1. The summed E-state index contributed by atoms with van der Waals surface area (Å²) in [4.78, 5) is 26.2. The third-order valence-electron chi connectivity index (χ3n) is 7.89. The molecular formula is C32H38O5. The van der Waals surface area contributed by atoms with Crippen molar-refractivity contribution in [2.75, 3.05) is 14.2 Å². The molecule has 5 nitrogen and oxygen atoms in total. The monoisotopic (exact) mass is 502 g/mol. The summed E-state index contributed by atoms with van der Waals surface area (Å²) < 4.78 is 18.4. The molecule has 2 unspecified atom stereocenters. The molecule has 0 N–H and O–H groups in total. The first-order chi connectivity index (χ1) is 17.6. The smallest absolute Gasteiger partial charge is 0.200 e. The summed E-state index contributed by atoms with van der Waals surface area (Å²) >= 11 is 0. The van der Waals surface area contributed by atoms with Crippen molar-refractivity contribution in [1.82, 2.24) is 0 Å². The van der Waals surface area contributed by atoms with Crippen molar-refractivity contribution in [3.8, 4) is 17.2 Å². The quantitative estimate of drug-likeness (QED) is 0.247. The van der Waals surface area contributed by atoms with Crippen molar-refractivity contribution >= 4 is 12.1 Å². The summed E-state index contributed by atoms with van der Waals surface area (Å²) in [6.45, 7) is 8.81. The zero-order chi connectivity index (χ0) is 26.8. The lowest BCUT2D eigenvalue weighted by atomic mass is 9.75. The number of hydrogen-bond acceptors (Lipinski definition) is 5. The number of rotatable bonds is 5. The summed E-state index contributed by atoms with van der Waals surface area (Å²) in [5.74, 6) is 0.984. The van der Waals surface area contributed by atoms with E-state index in [0.29, 0.717) is 29.9 Å². The second-order valence-electron chi connectivity index (χ2n) is 11.2. The maximum Gasteiger partial charge on any atom is 0.200 e. The minimum atomic E-state index is -0.525. The number of carbonyl (C=O) groups excluding carboxylic acids is 2. The van der Waals surface area contributed by atoms with E-state index in [9.17, 15) is 9.59 Å². The van der Waals surface area contributed by atoms with Gasteiger partial charge in [0, 0.05) is 23.5 Å². The molecule has 1 aliphatic heterocycles. The molecule has 5 heteroatoms. The van der Waals surface area contributed by atoms with Crippen LogP contribution in [0.15, 0.2) is 54.1 Å². The van der Waals surface area contributed by atoms with E-state index >= 15 is 0 Å². The zero-order valence-electron chi connectivity index (χ0n) is 22.9. The molecule has 2 aliphatic rings. The van der Waals surface area contributed by atoms with Gasteiger partial charge < -0.3 is 14.2 Å². The molecule has 0 spiro atoms. The van der Waals surface area contributed by atoms with E-state index in [1.807, 2.05) is 18.2 Å². The van der Waals surface area contributed by atoms with Crippen molar-refractivity contribution in [1.29, 1.82) is 0 Å². The molecule has 196 valence electrons. The molecular weight excluding hydrogens is 464 g/mol. The number of methoxy groups -OCH3 is 2. The van der Waals surface area contributed by atoms with E-state index in [4.69, 9.17) is 14.2 Å². The van der Waals surface area contributed by atoms with Gasteiger partial charge in [0.05, 0.1) is 19.8 Å². The number of benzene rings is 2. The lowest BCUT2D eigenvalue weighted by Gasteiger charge is -2.43. The molecule has 2 aromatic rings. The highest BCUT2D eigenvalue weighted by atomic mass is 16.5. The fourth-order valence-electron chi connectivity index (χ4n) is 5.56. The minimum absolute atomic E-state index is 0.0527. The van der Waals surface area contributed by atoms with Gasteiger partial charge in [-0.2, -0.15) is 0 Å². The molecule has 2 atom stereocenters. The van der Waals surface area contributed by atoms with Gasteiger partial charge in [0.2, 0.25) is 5.78 Å². The Kier molecular flexibility index (Phi) is 7.63. The Bertz CT molecular complexity index is 1240. The number of carbonyl (C=O) groups is 2. The average Bonchev–Trinajstić information content (AvgIpc) is 2.90. The second-order valence-corrected chi connectivity index (χ2v) is 11.2. The number of allylic oxidation sites excluding steroid dienone is 3. The molecule has 0 radical (unpaired) electrons. The first-order valence-corrected chi connectivity index (χ1v) is 13.0. The summed E-state index contributed by atoms with van der Waals surface area (Å²) in [5, 5.41) is 0. The minimum Gasteiger partial charge on any atom is -0.495 e. The van der Waals surface area contributed by atoms with Gasteiger partial charge in [-0.3, -0.25) is 9.59 Å². The van der Waals surface area contributed by atoms with Crippen LogP contribution < -0.4 is 14.2 Å². The van der Waals surface area contributed by atoms with Crippen LogP contribution in [0.2, 0.25) is 0 Å². The highest BCUT2D eigenvalue weighted by molar-refractivity contribution is 6.14. The van der Waals surface area contributed by atoms with E-state index in [1.165, 1.54) is 12.7 Å². The summed E-state index contributed by atoms with van der Waals surface area (Å²) in [5.41, 5.74) is 2.67. The maximum atomic E-state index is 13.7. The average molecular weight is 503 g/mol.